The summed E-state index contributed by atoms with van der Waals surface area (Å²) < 4.78 is 10.7. The summed E-state index contributed by atoms with van der Waals surface area (Å²) in [6.45, 7) is -0.300. The maximum absolute atomic E-state index is 12.1. The van der Waals surface area contributed by atoms with E-state index in [1.807, 2.05) is 18.2 Å². The van der Waals surface area contributed by atoms with Gasteiger partial charge in [0, 0.05) is 14.1 Å². The van der Waals surface area contributed by atoms with Crippen LogP contribution in [-0.2, 0) is 9.53 Å². The van der Waals surface area contributed by atoms with Crippen LogP contribution in [0.2, 0.25) is 0 Å². The highest BCUT2D eigenvalue weighted by molar-refractivity contribution is 5.94. The van der Waals surface area contributed by atoms with Gasteiger partial charge in [-0.3, -0.25) is 4.79 Å². The number of nitrogens with zero attached hydrogens (tertiary/aromatic N) is 1. The van der Waals surface area contributed by atoms with Crippen LogP contribution >= 0.6 is 0 Å². The van der Waals surface area contributed by atoms with Gasteiger partial charge in [-0.2, -0.15) is 0 Å². The minimum atomic E-state index is -0.596. The van der Waals surface area contributed by atoms with Gasteiger partial charge in [0.1, 0.15) is 17.1 Å². The summed E-state index contributed by atoms with van der Waals surface area (Å²) in [6.07, 6.45) is 0. The first-order valence-electron chi connectivity index (χ1n) is 6.77. The lowest BCUT2D eigenvalue weighted by atomic mass is 10.2. The van der Waals surface area contributed by atoms with Crippen molar-refractivity contribution in [3.63, 3.8) is 0 Å². The Labute approximate surface area is 129 Å². The van der Waals surface area contributed by atoms with E-state index in [0.717, 1.165) is 0 Å². The van der Waals surface area contributed by atoms with E-state index in [9.17, 15) is 9.59 Å². The van der Waals surface area contributed by atoms with Gasteiger partial charge in [-0.15, -0.1) is 0 Å². The molecule has 0 spiro atoms. The zero-order chi connectivity index (χ0) is 15.9. The monoisotopic (exact) mass is 299 g/mol. The molecule has 0 heterocycles. The molecular weight excluding hydrogens is 282 g/mol. The van der Waals surface area contributed by atoms with Crippen molar-refractivity contribution in [2.75, 3.05) is 20.7 Å². The second kappa shape index (κ2) is 7.26. The molecule has 0 atom stereocenters. The average Bonchev–Trinajstić information content (AvgIpc) is 2.53. The van der Waals surface area contributed by atoms with Crippen molar-refractivity contribution >= 4 is 11.9 Å². The molecule has 0 radical (unpaired) electrons. The molecule has 0 aliphatic heterocycles. The molecule has 22 heavy (non-hydrogen) atoms. The van der Waals surface area contributed by atoms with E-state index >= 15 is 0 Å². The van der Waals surface area contributed by atoms with E-state index in [2.05, 4.69) is 0 Å². The molecule has 0 N–H and O–H groups in total. The fraction of sp³-hybridized carbons (Fsp3) is 0.176. The number of likely N-dealkylation sites (N-methyl/N-ethyl adjacent to an activating group) is 1. The standard InChI is InChI=1S/C17H17NO4/c1-18(2)16(19)12-21-17(20)14-10-6-7-11-15(14)22-13-8-4-3-5-9-13/h3-11H,12H2,1-2H3. The van der Waals surface area contributed by atoms with Gasteiger partial charge in [0.05, 0.1) is 0 Å². The van der Waals surface area contributed by atoms with Crippen LogP contribution in [0.5, 0.6) is 11.5 Å². The van der Waals surface area contributed by atoms with E-state index in [4.69, 9.17) is 9.47 Å². The Morgan fingerprint density at radius 3 is 2.27 bits per heavy atom. The van der Waals surface area contributed by atoms with Gasteiger partial charge in [0.25, 0.3) is 5.91 Å². The second-order valence-electron chi connectivity index (χ2n) is 4.78. The van der Waals surface area contributed by atoms with Crippen LogP contribution in [0.15, 0.2) is 54.6 Å². The molecule has 114 valence electrons. The molecule has 5 nitrogen and oxygen atoms in total. The highest BCUT2D eigenvalue weighted by Gasteiger charge is 2.16. The molecule has 2 rings (SSSR count). The Morgan fingerprint density at radius 2 is 1.59 bits per heavy atom. The highest BCUT2D eigenvalue weighted by Crippen LogP contribution is 2.25. The first kappa shape index (κ1) is 15.6. The Bertz CT molecular complexity index is 653. The maximum atomic E-state index is 12.1. The fourth-order valence-electron chi connectivity index (χ4n) is 1.67. The van der Waals surface area contributed by atoms with Gasteiger partial charge in [0.15, 0.2) is 6.61 Å². The van der Waals surface area contributed by atoms with Gasteiger partial charge >= 0.3 is 5.97 Å². The number of amides is 1. The topological polar surface area (TPSA) is 55.8 Å². The number of rotatable bonds is 5. The van der Waals surface area contributed by atoms with Crippen LogP contribution in [0.3, 0.4) is 0 Å². The SMILES string of the molecule is CN(C)C(=O)COC(=O)c1ccccc1Oc1ccccc1. The number of esters is 1. The molecule has 0 fully saturated rings. The van der Waals surface area contributed by atoms with Gasteiger partial charge in [-0.05, 0) is 24.3 Å². The second-order valence-corrected chi connectivity index (χ2v) is 4.78. The van der Waals surface area contributed by atoms with Crippen LogP contribution in [0, 0.1) is 0 Å². The Kier molecular flexibility index (Phi) is 5.14. The molecule has 0 saturated heterocycles. The third-order valence-corrected chi connectivity index (χ3v) is 2.90. The van der Waals surface area contributed by atoms with E-state index in [1.54, 1.807) is 50.5 Å². The van der Waals surface area contributed by atoms with Crippen molar-refractivity contribution in [3.05, 3.63) is 60.2 Å². The summed E-state index contributed by atoms with van der Waals surface area (Å²) in [5.41, 5.74) is 0.276. The smallest absolute Gasteiger partial charge is 0.342 e. The van der Waals surface area contributed by atoms with Gasteiger partial charge < -0.3 is 14.4 Å². The Balaban J connectivity index is 2.11. The van der Waals surface area contributed by atoms with Crippen molar-refractivity contribution in [2.24, 2.45) is 0 Å². The zero-order valence-electron chi connectivity index (χ0n) is 12.5. The lowest BCUT2D eigenvalue weighted by Crippen LogP contribution is -2.27. The minimum Gasteiger partial charge on any atom is -0.456 e. The molecule has 2 aromatic carbocycles. The third kappa shape index (κ3) is 4.09. The predicted molar refractivity (Wildman–Crippen MR) is 81.9 cm³/mol. The molecule has 2 aromatic rings. The molecule has 0 aliphatic carbocycles. The van der Waals surface area contributed by atoms with Gasteiger partial charge in [-0.1, -0.05) is 30.3 Å². The number of hydrogen-bond donors (Lipinski definition) is 0. The van der Waals surface area contributed by atoms with Crippen LogP contribution < -0.4 is 4.74 Å². The summed E-state index contributed by atoms with van der Waals surface area (Å²) in [5.74, 6) is 0.125. The molecule has 0 saturated carbocycles. The number of ether oxygens (including phenoxy) is 2. The zero-order valence-corrected chi connectivity index (χ0v) is 12.5. The van der Waals surface area contributed by atoms with E-state index in [0.29, 0.717) is 11.5 Å². The van der Waals surface area contributed by atoms with Gasteiger partial charge in [-0.25, -0.2) is 4.79 Å². The summed E-state index contributed by atoms with van der Waals surface area (Å²) in [5, 5.41) is 0. The molecular formula is C17H17NO4. The average molecular weight is 299 g/mol. The molecule has 0 aromatic heterocycles. The molecule has 0 unspecified atom stereocenters. The van der Waals surface area contributed by atoms with Gasteiger partial charge in [0.2, 0.25) is 0 Å². The maximum Gasteiger partial charge on any atom is 0.342 e. The fourth-order valence-corrected chi connectivity index (χ4v) is 1.67. The lowest BCUT2D eigenvalue weighted by Gasteiger charge is -2.12. The van der Waals surface area contributed by atoms with E-state index in [-0.39, 0.29) is 18.1 Å². The summed E-state index contributed by atoms with van der Waals surface area (Å²) in [7, 11) is 3.20. The van der Waals surface area contributed by atoms with Crippen molar-refractivity contribution in [1.29, 1.82) is 0 Å². The normalized spacial score (nSPS) is 9.91. The minimum absolute atomic E-state index is 0.276. The van der Waals surface area contributed by atoms with Crippen LogP contribution in [0.25, 0.3) is 0 Å². The van der Waals surface area contributed by atoms with Crippen LogP contribution in [0.4, 0.5) is 0 Å². The Morgan fingerprint density at radius 1 is 0.955 bits per heavy atom. The van der Waals surface area contributed by atoms with E-state index in [1.165, 1.54) is 4.90 Å². The van der Waals surface area contributed by atoms with Crippen molar-refractivity contribution in [3.8, 4) is 11.5 Å². The summed E-state index contributed by atoms with van der Waals surface area (Å²) in [4.78, 5) is 24.9. The van der Waals surface area contributed by atoms with Crippen molar-refractivity contribution < 1.29 is 19.1 Å². The first-order chi connectivity index (χ1) is 10.6. The number of para-hydroxylation sites is 2. The van der Waals surface area contributed by atoms with Crippen molar-refractivity contribution in [2.45, 2.75) is 0 Å². The summed E-state index contributed by atoms with van der Waals surface area (Å²) in [6, 6.07) is 15.9. The lowest BCUT2D eigenvalue weighted by molar-refractivity contribution is -0.131. The van der Waals surface area contributed by atoms with E-state index < -0.39 is 5.97 Å². The number of carbonyl (C=O) groups is 2. The Hall–Kier alpha value is -2.82. The first-order valence-corrected chi connectivity index (χ1v) is 6.77. The molecule has 0 bridgehead atoms. The molecule has 5 heteroatoms. The quantitative estimate of drug-likeness (QED) is 0.797. The third-order valence-electron chi connectivity index (χ3n) is 2.90. The van der Waals surface area contributed by atoms with Crippen LogP contribution in [-0.4, -0.2) is 37.5 Å². The van der Waals surface area contributed by atoms with Crippen molar-refractivity contribution in [1.82, 2.24) is 4.90 Å². The number of carbonyl (C=O) groups excluding carboxylic acids is 2. The molecule has 0 aliphatic rings. The highest BCUT2D eigenvalue weighted by atomic mass is 16.5. The number of hydrogen-bond acceptors (Lipinski definition) is 4. The number of benzene rings is 2. The largest absolute Gasteiger partial charge is 0.456 e. The summed E-state index contributed by atoms with van der Waals surface area (Å²) >= 11 is 0. The van der Waals surface area contributed by atoms with Crippen LogP contribution in [0.1, 0.15) is 10.4 Å². The molecule has 1 amide bonds. The predicted octanol–water partition coefficient (Wildman–Crippen LogP) is 2.72.